The Morgan fingerprint density at radius 1 is 1.28 bits per heavy atom. The third-order valence-corrected chi connectivity index (χ3v) is 5.33. The van der Waals surface area contributed by atoms with Gasteiger partial charge in [0.25, 0.3) is 0 Å². The number of methoxy groups -OCH3 is 1. The van der Waals surface area contributed by atoms with Crippen molar-refractivity contribution in [1.29, 1.82) is 0 Å². The predicted molar refractivity (Wildman–Crippen MR) is 77.0 cm³/mol. The van der Waals surface area contributed by atoms with E-state index in [-0.39, 0.29) is 5.60 Å². The van der Waals surface area contributed by atoms with Gasteiger partial charge in [-0.05, 0) is 37.5 Å². The van der Waals surface area contributed by atoms with E-state index in [0.29, 0.717) is 5.41 Å². The molecule has 3 heteroatoms. The van der Waals surface area contributed by atoms with Crippen LogP contribution in [0, 0.1) is 5.41 Å². The lowest BCUT2D eigenvalue weighted by Gasteiger charge is -2.41. The second-order valence-corrected chi connectivity index (χ2v) is 7.11. The van der Waals surface area contributed by atoms with E-state index in [1.54, 1.807) is 11.3 Å². The van der Waals surface area contributed by atoms with E-state index >= 15 is 0 Å². The van der Waals surface area contributed by atoms with Crippen LogP contribution in [0.4, 0.5) is 0 Å². The molecule has 0 aliphatic heterocycles. The van der Waals surface area contributed by atoms with Gasteiger partial charge in [0, 0.05) is 12.5 Å². The summed E-state index contributed by atoms with van der Waals surface area (Å²) in [4.78, 5) is 4.81. The average molecular weight is 267 g/mol. The molecule has 1 aromatic heterocycles. The first-order valence-corrected chi connectivity index (χ1v) is 7.89. The number of aryl methyl sites for hydroxylation is 1. The number of nitrogens with zero attached hydrogens (tertiary/aromatic N) is 1. The summed E-state index contributed by atoms with van der Waals surface area (Å²) in [5, 5.41) is 3.41. The molecule has 18 heavy (non-hydrogen) atoms. The van der Waals surface area contributed by atoms with Crippen LogP contribution < -0.4 is 0 Å². The molecule has 0 unspecified atom stereocenters. The minimum atomic E-state index is -0.105. The first-order valence-electron chi connectivity index (χ1n) is 7.01. The zero-order valence-corrected chi connectivity index (χ0v) is 12.9. The number of rotatable bonds is 4. The molecular weight excluding hydrogens is 242 g/mol. The monoisotopic (exact) mass is 267 g/mol. The van der Waals surface area contributed by atoms with Crippen molar-refractivity contribution < 1.29 is 4.74 Å². The lowest BCUT2D eigenvalue weighted by molar-refractivity contribution is -0.0668. The molecule has 1 fully saturated rings. The van der Waals surface area contributed by atoms with Gasteiger partial charge in [0.2, 0.25) is 0 Å². The highest BCUT2D eigenvalue weighted by Crippen LogP contribution is 2.47. The van der Waals surface area contributed by atoms with Gasteiger partial charge in [0.15, 0.2) is 0 Å². The minimum absolute atomic E-state index is 0.105. The van der Waals surface area contributed by atoms with Gasteiger partial charge < -0.3 is 4.74 Å². The van der Waals surface area contributed by atoms with Crippen LogP contribution in [0.3, 0.4) is 0 Å². The maximum absolute atomic E-state index is 5.90. The van der Waals surface area contributed by atoms with E-state index in [1.165, 1.54) is 23.5 Å². The Balaban J connectivity index is 2.17. The van der Waals surface area contributed by atoms with E-state index in [0.717, 1.165) is 25.7 Å². The van der Waals surface area contributed by atoms with Gasteiger partial charge >= 0.3 is 0 Å². The maximum atomic E-state index is 5.90. The number of hydrogen-bond donors (Lipinski definition) is 0. The van der Waals surface area contributed by atoms with Crippen molar-refractivity contribution in [2.45, 2.75) is 64.9 Å². The van der Waals surface area contributed by atoms with Crippen molar-refractivity contribution in [2.75, 3.05) is 7.11 Å². The Labute approximate surface area is 115 Å². The van der Waals surface area contributed by atoms with E-state index in [9.17, 15) is 0 Å². The zero-order valence-electron chi connectivity index (χ0n) is 12.1. The van der Waals surface area contributed by atoms with E-state index in [4.69, 9.17) is 9.72 Å². The van der Waals surface area contributed by atoms with Gasteiger partial charge in [0.1, 0.15) is 10.6 Å². The maximum Gasteiger partial charge on any atom is 0.125 e. The Kier molecular flexibility index (Phi) is 4.12. The molecule has 1 aromatic rings. The van der Waals surface area contributed by atoms with Gasteiger partial charge in [-0.1, -0.05) is 27.2 Å². The van der Waals surface area contributed by atoms with Gasteiger partial charge in [-0.15, -0.1) is 11.3 Å². The molecule has 2 nitrogen and oxygen atoms in total. The average Bonchev–Trinajstić information content (AvgIpc) is 2.80. The highest BCUT2D eigenvalue weighted by molar-refractivity contribution is 7.09. The van der Waals surface area contributed by atoms with Crippen LogP contribution in [0.1, 0.15) is 63.6 Å². The molecule has 0 atom stereocenters. The van der Waals surface area contributed by atoms with Crippen LogP contribution in [0.2, 0.25) is 0 Å². The summed E-state index contributed by atoms with van der Waals surface area (Å²) in [6.07, 6.45) is 6.91. The Morgan fingerprint density at radius 3 is 2.50 bits per heavy atom. The molecule has 1 saturated carbocycles. The summed E-state index contributed by atoms with van der Waals surface area (Å²) in [6.45, 7) is 6.92. The topological polar surface area (TPSA) is 22.1 Å². The van der Waals surface area contributed by atoms with Crippen LogP contribution in [-0.4, -0.2) is 12.1 Å². The van der Waals surface area contributed by atoms with Gasteiger partial charge in [-0.2, -0.15) is 0 Å². The summed E-state index contributed by atoms with van der Waals surface area (Å²) in [7, 11) is 1.85. The number of aromatic nitrogens is 1. The smallest absolute Gasteiger partial charge is 0.125 e. The van der Waals surface area contributed by atoms with Gasteiger partial charge in [-0.25, -0.2) is 4.98 Å². The third-order valence-electron chi connectivity index (χ3n) is 4.25. The predicted octanol–water partition coefficient (Wildman–Crippen LogP) is 4.54. The largest absolute Gasteiger partial charge is 0.371 e. The van der Waals surface area contributed by atoms with Crippen molar-refractivity contribution in [3.63, 3.8) is 0 Å². The molecule has 102 valence electrons. The fourth-order valence-corrected chi connectivity index (χ4v) is 3.81. The van der Waals surface area contributed by atoms with Crippen LogP contribution in [-0.2, 0) is 16.8 Å². The van der Waals surface area contributed by atoms with Crippen molar-refractivity contribution in [3.8, 4) is 0 Å². The standard InChI is InChI=1S/C15H25NOS/c1-5-6-12-11-18-13(16-12)15(17-4)9-7-14(2,3)8-10-15/h11H,5-10H2,1-4H3. The molecule has 0 aromatic carbocycles. The number of ether oxygens (including phenoxy) is 1. The van der Waals surface area contributed by atoms with Gasteiger partial charge in [-0.3, -0.25) is 0 Å². The van der Waals surface area contributed by atoms with Crippen molar-refractivity contribution in [3.05, 3.63) is 16.1 Å². The molecule has 0 radical (unpaired) electrons. The van der Waals surface area contributed by atoms with Crippen molar-refractivity contribution in [1.82, 2.24) is 4.98 Å². The molecule has 1 aliphatic rings. The Morgan fingerprint density at radius 2 is 1.94 bits per heavy atom. The summed E-state index contributed by atoms with van der Waals surface area (Å²) >= 11 is 1.78. The van der Waals surface area contributed by atoms with Crippen molar-refractivity contribution in [2.24, 2.45) is 5.41 Å². The lowest BCUT2D eigenvalue weighted by atomic mass is 9.71. The SMILES string of the molecule is CCCc1csc(C2(OC)CCC(C)(C)CC2)n1. The number of thiazole rings is 1. The van der Waals surface area contributed by atoms with Crippen LogP contribution in [0.5, 0.6) is 0 Å². The Bertz CT molecular complexity index is 387. The quantitative estimate of drug-likeness (QED) is 0.799. The second kappa shape index (κ2) is 5.30. The van der Waals surface area contributed by atoms with Crippen LogP contribution in [0.25, 0.3) is 0 Å². The van der Waals surface area contributed by atoms with Crippen LogP contribution in [0.15, 0.2) is 5.38 Å². The molecule has 0 spiro atoms. The summed E-state index contributed by atoms with van der Waals surface area (Å²) in [6, 6.07) is 0. The highest BCUT2D eigenvalue weighted by atomic mass is 32.1. The fourth-order valence-electron chi connectivity index (χ4n) is 2.72. The third kappa shape index (κ3) is 2.77. The van der Waals surface area contributed by atoms with Crippen molar-refractivity contribution >= 4 is 11.3 Å². The first-order chi connectivity index (χ1) is 8.51. The van der Waals surface area contributed by atoms with Crippen LogP contribution >= 0.6 is 11.3 Å². The minimum Gasteiger partial charge on any atom is -0.371 e. The molecule has 0 amide bonds. The van der Waals surface area contributed by atoms with E-state index < -0.39 is 0 Å². The molecular formula is C15H25NOS. The fraction of sp³-hybridized carbons (Fsp3) is 0.800. The van der Waals surface area contributed by atoms with E-state index in [2.05, 4.69) is 26.2 Å². The molecule has 0 saturated heterocycles. The zero-order chi connectivity index (χ0) is 13.2. The molecule has 1 heterocycles. The summed E-state index contributed by atoms with van der Waals surface area (Å²) in [5.41, 5.74) is 1.59. The summed E-state index contributed by atoms with van der Waals surface area (Å²) in [5.74, 6) is 0. The molecule has 0 bridgehead atoms. The highest BCUT2D eigenvalue weighted by Gasteiger charge is 2.41. The molecule has 0 N–H and O–H groups in total. The first kappa shape index (κ1) is 14.0. The lowest BCUT2D eigenvalue weighted by Crippen LogP contribution is -2.36. The van der Waals surface area contributed by atoms with E-state index in [1.807, 2.05) is 7.11 Å². The van der Waals surface area contributed by atoms with Gasteiger partial charge in [0.05, 0.1) is 5.69 Å². The summed E-state index contributed by atoms with van der Waals surface area (Å²) < 4.78 is 5.90. The molecule has 2 rings (SSSR count). The second-order valence-electron chi connectivity index (χ2n) is 6.26. The number of hydrogen-bond acceptors (Lipinski definition) is 3. The molecule has 1 aliphatic carbocycles. The normalized spacial score (nSPS) is 22.0. The Hall–Kier alpha value is -0.410.